The van der Waals surface area contributed by atoms with Crippen LogP contribution in [0.25, 0.3) is 17.0 Å². The van der Waals surface area contributed by atoms with Crippen LogP contribution in [-0.2, 0) is 0 Å². The van der Waals surface area contributed by atoms with Gasteiger partial charge in [-0.15, -0.1) is 15.3 Å². The Labute approximate surface area is 172 Å². The number of pyridine rings is 1. The first-order chi connectivity index (χ1) is 14.8. The van der Waals surface area contributed by atoms with E-state index in [1.165, 1.54) is 12.4 Å². The first-order valence-electron chi connectivity index (χ1n) is 9.73. The highest BCUT2D eigenvalue weighted by Gasteiger charge is 2.22. The van der Waals surface area contributed by atoms with Crippen LogP contribution in [-0.4, -0.2) is 71.7 Å². The maximum absolute atomic E-state index is 12.7. The second-order valence-corrected chi connectivity index (χ2v) is 6.94. The van der Waals surface area contributed by atoms with Gasteiger partial charge >= 0.3 is 0 Å². The van der Waals surface area contributed by atoms with Gasteiger partial charge in [0.25, 0.3) is 5.91 Å². The van der Waals surface area contributed by atoms with Crippen LogP contribution in [0, 0.1) is 0 Å². The predicted molar refractivity (Wildman–Crippen MR) is 109 cm³/mol. The Morgan fingerprint density at radius 3 is 2.60 bits per heavy atom. The van der Waals surface area contributed by atoms with E-state index in [4.69, 9.17) is 5.10 Å². The van der Waals surface area contributed by atoms with E-state index in [0.29, 0.717) is 36.8 Å². The first-order valence-corrected chi connectivity index (χ1v) is 9.73. The molecule has 1 saturated heterocycles. The maximum Gasteiger partial charge on any atom is 0.274 e. The number of amides is 1. The van der Waals surface area contributed by atoms with Crippen LogP contribution in [0.1, 0.15) is 16.9 Å². The average Bonchev–Trinajstić information content (AvgIpc) is 3.08. The highest BCUT2D eigenvalue weighted by atomic mass is 16.2. The summed E-state index contributed by atoms with van der Waals surface area (Å²) in [6.45, 7) is 2.74. The molecule has 4 aromatic heterocycles. The minimum absolute atomic E-state index is 0.0906. The van der Waals surface area contributed by atoms with Gasteiger partial charge in [0.2, 0.25) is 0 Å². The summed E-state index contributed by atoms with van der Waals surface area (Å²) in [5, 5.41) is 13.3. The quantitative estimate of drug-likeness (QED) is 0.506. The minimum Gasteiger partial charge on any atom is -0.353 e. The second kappa shape index (κ2) is 7.82. The van der Waals surface area contributed by atoms with Gasteiger partial charge in [-0.05, 0) is 30.7 Å². The van der Waals surface area contributed by atoms with E-state index < -0.39 is 0 Å². The summed E-state index contributed by atoms with van der Waals surface area (Å²) in [5.74, 6) is 1.40. The van der Waals surface area contributed by atoms with E-state index in [2.05, 4.69) is 30.0 Å². The third kappa shape index (κ3) is 3.43. The van der Waals surface area contributed by atoms with Crippen LogP contribution in [0.15, 0.2) is 55.2 Å². The fraction of sp³-hybridized carbons (Fsp3) is 0.250. The molecule has 150 valence electrons. The molecule has 4 aromatic rings. The summed E-state index contributed by atoms with van der Waals surface area (Å²) in [5.41, 5.74) is 1.95. The molecule has 0 atom stereocenters. The van der Waals surface area contributed by atoms with E-state index in [-0.39, 0.29) is 5.91 Å². The van der Waals surface area contributed by atoms with E-state index in [1.54, 1.807) is 23.1 Å². The largest absolute Gasteiger partial charge is 0.353 e. The molecular formula is C20H19N9O. The van der Waals surface area contributed by atoms with Crippen molar-refractivity contribution >= 4 is 17.4 Å². The molecular weight excluding hydrogens is 382 g/mol. The molecule has 0 aromatic carbocycles. The Morgan fingerprint density at radius 1 is 0.867 bits per heavy atom. The first kappa shape index (κ1) is 18.1. The standard InChI is InChI=1S/C20H19N9O/c30-20(16-14-22-8-9-23-16)28-11-1-10-27(12-13-28)18-3-2-17-24-25-19(29(17)26-18)15-4-6-21-7-5-15/h2-9,14H,1,10-13H2. The molecule has 0 radical (unpaired) electrons. The molecule has 0 spiro atoms. The summed E-state index contributed by atoms with van der Waals surface area (Å²) in [6.07, 6.45) is 8.89. The molecule has 1 fully saturated rings. The third-order valence-electron chi connectivity index (χ3n) is 5.08. The Bertz CT molecular complexity index is 1160. The Morgan fingerprint density at radius 2 is 1.77 bits per heavy atom. The SMILES string of the molecule is O=C(c1cnccn1)N1CCCN(c2ccc3nnc(-c4ccncc4)n3n2)CC1. The minimum atomic E-state index is -0.0906. The normalized spacial score (nSPS) is 14.7. The van der Waals surface area contributed by atoms with Crippen molar-refractivity contribution in [1.82, 2.24) is 39.7 Å². The third-order valence-corrected chi connectivity index (χ3v) is 5.08. The van der Waals surface area contributed by atoms with Crippen molar-refractivity contribution in [2.45, 2.75) is 6.42 Å². The zero-order valence-corrected chi connectivity index (χ0v) is 16.2. The topological polar surface area (TPSA) is 105 Å². The van der Waals surface area contributed by atoms with Crippen LogP contribution in [0.4, 0.5) is 5.82 Å². The Hall–Kier alpha value is -3.95. The highest BCUT2D eigenvalue weighted by Crippen LogP contribution is 2.20. The van der Waals surface area contributed by atoms with Gasteiger partial charge in [-0.25, -0.2) is 4.98 Å². The van der Waals surface area contributed by atoms with Crippen LogP contribution in [0.2, 0.25) is 0 Å². The predicted octanol–water partition coefficient (Wildman–Crippen LogP) is 1.33. The number of carbonyl (C=O) groups excluding carboxylic acids is 1. The highest BCUT2D eigenvalue weighted by molar-refractivity contribution is 5.92. The number of hydrogen-bond donors (Lipinski definition) is 0. The van der Waals surface area contributed by atoms with Gasteiger partial charge in [0, 0.05) is 56.5 Å². The molecule has 10 heteroatoms. The van der Waals surface area contributed by atoms with Gasteiger partial charge in [0.05, 0.1) is 6.20 Å². The molecule has 1 aliphatic rings. The number of rotatable bonds is 3. The van der Waals surface area contributed by atoms with Crippen LogP contribution < -0.4 is 4.90 Å². The average molecular weight is 401 g/mol. The van der Waals surface area contributed by atoms with Gasteiger partial charge in [-0.3, -0.25) is 14.8 Å². The van der Waals surface area contributed by atoms with Crippen molar-refractivity contribution in [1.29, 1.82) is 0 Å². The molecule has 5 heterocycles. The van der Waals surface area contributed by atoms with Crippen molar-refractivity contribution in [3.05, 3.63) is 60.9 Å². The lowest BCUT2D eigenvalue weighted by Crippen LogP contribution is -2.36. The molecule has 5 rings (SSSR count). The van der Waals surface area contributed by atoms with Gasteiger partial charge < -0.3 is 9.80 Å². The zero-order valence-electron chi connectivity index (χ0n) is 16.2. The Kier molecular flexibility index (Phi) is 4.72. The number of fused-ring (bicyclic) bond motifs is 1. The van der Waals surface area contributed by atoms with Gasteiger partial charge in [-0.2, -0.15) is 4.52 Å². The summed E-state index contributed by atoms with van der Waals surface area (Å²) >= 11 is 0. The van der Waals surface area contributed by atoms with E-state index in [0.717, 1.165) is 24.3 Å². The second-order valence-electron chi connectivity index (χ2n) is 6.94. The fourth-order valence-electron chi connectivity index (χ4n) is 3.55. The Balaban J connectivity index is 1.38. The molecule has 1 aliphatic heterocycles. The molecule has 30 heavy (non-hydrogen) atoms. The van der Waals surface area contributed by atoms with Crippen LogP contribution >= 0.6 is 0 Å². The van der Waals surface area contributed by atoms with Gasteiger partial charge in [0.15, 0.2) is 11.5 Å². The van der Waals surface area contributed by atoms with E-state index in [1.807, 2.05) is 29.2 Å². The number of carbonyl (C=O) groups is 1. The lowest BCUT2D eigenvalue weighted by molar-refractivity contribution is 0.0760. The molecule has 0 unspecified atom stereocenters. The molecule has 0 bridgehead atoms. The maximum atomic E-state index is 12.7. The molecule has 0 aliphatic carbocycles. The van der Waals surface area contributed by atoms with Crippen molar-refractivity contribution < 1.29 is 4.79 Å². The number of hydrogen-bond acceptors (Lipinski definition) is 8. The van der Waals surface area contributed by atoms with Crippen molar-refractivity contribution in [3.63, 3.8) is 0 Å². The molecule has 10 nitrogen and oxygen atoms in total. The van der Waals surface area contributed by atoms with E-state index >= 15 is 0 Å². The zero-order chi connectivity index (χ0) is 20.3. The summed E-state index contributed by atoms with van der Waals surface area (Å²) < 4.78 is 1.75. The summed E-state index contributed by atoms with van der Waals surface area (Å²) in [7, 11) is 0. The monoisotopic (exact) mass is 401 g/mol. The molecule has 1 amide bonds. The summed E-state index contributed by atoms with van der Waals surface area (Å²) in [6, 6.07) is 7.62. The number of nitrogens with zero attached hydrogens (tertiary/aromatic N) is 9. The molecule has 0 saturated carbocycles. The number of aromatic nitrogens is 7. The molecule has 0 N–H and O–H groups in total. The van der Waals surface area contributed by atoms with Crippen molar-refractivity contribution in [2.75, 3.05) is 31.1 Å². The van der Waals surface area contributed by atoms with Gasteiger partial charge in [0.1, 0.15) is 11.5 Å². The number of anilines is 1. The smallest absolute Gasteiger partial charge is 0.274 e. The van der Waals surface area contributed by atoms with Gasteiger partial charge in [-0.1, -0.05) is 0 Å². The van der Waals surface area contributed by atoms with Crippen LogP contribution in [0.3, 0.4) is 0 Å². The lowest BCUT2D eigenvalue weighted by atomic mass is 10.2. The van der Waals surface area contributed by atoms with Crippen molar-refractivity contribution in [2.24, 2.45) is 0 Å². The van der Waals surface area contributed by atoms with Crippen molar-refractivity contribution in [3.8, 4) is 11.4 Å². The van der Waals surface area contributed by atoms with E-state index in [9.17, 15) is 4.79 Å². The fourth-order valence-corrected chi connectivity index (χ4v) is 3.55. The lowest BCUT2D eigenvalue weighted by Gasteiger charge is -2.22. The van der Waals surface area contributed by atoms with Crippen LogP contribution in [0.5, 0.6) is 0 Å². The summed E-state index contributed by atoms with van der Waals surface area (Å²) in [4.78, 5) is 28.9.